The molecule has 1 aliphatic rings. The Morgan fingerprint density at radius 2 is 2.09 bits per heavy atom. The summed E-state index contributed by atoms with van der Waals surface area (Å²) in [6.45, 7) is 0.807. The van der Waals surface area contributed by atoms with E-state index >= 15 is 0 Å². The van der Waals surface area contributed by atoms with E-state index in [4.69, 9.17) is 17.3 Å². The highest BCUT2D eigenvalue weighted by Gasteiger charge is 2.42. The van der Waals surface area contributed by atoms with E-state index in [9.17, 15) is 9.59 Å². The van der Waals surface area contributed by atoms with Crippen molar-refractivity contribution in [3.8, 4) is 0 Å². The smallest absolute Gasteiger partial charge is 0.220 e. The maximum Gasteiger partial charge on any atom is 0.220 e. The van der Waals surface area contributed by atoms with Gasteiger partial charge in [0.05, 0.1) is 5.41 Å². The molecule has 0 aliphatic heterocycles. The van der Waals surface area contributed by atoms with Crippen LogP contribution in [0.15, 0.2) is 24.3 Å². The van der Waals surface area contributed by atoms with Gasteiger partial charge in [0.2, 0.25) is 5.91 Å². The molecule has 1 aromatic carbocycles. The zero-order valence-corrected chi connectivity index (χ0v) is 13.5. The lowest BCUT2D eigenvalue weighted by atomic mass is 9.68. The Labute approximate surface area is 136 Å². The molecule has 1 amide bonds. The highest BCUT2D eigenvalue weighted by atomic mass is 35.5. The summed E-state index contributed by atoms with van der Waals surface area (Å²) in [5.41, 5.74) is 5.57. The maximum absolute atomic E-state index is 12.7. The Morgan fingerprint density at radius 3 is 2.77 bits per heavy atom. The van der Waals surface area contributed by atoms with Crippen LogP contribution in [0.3, 0.4) is 0 Å². The molecule has 1 aromatic rings. The molecular weight excluding hydrogens is 300 g/mol. The number of carbonyl (C=O) groups excluding carboxylic acids is 2. The molecule has 3 N–H and O–H groups in total. The number of nitrogens with two attached hydrogens (primary N) is 1. The molecule has 4 nitrogen and oxygen atoms in total. The quantitative estimate of drug-likeness (QED) is 0.845. The molecule has 2 rings (SSSR count). The van der Waals surface area contributed by atoms with E-state index in [2.05, 4.69) is 5.32 Å². The van der Waals surface area contributed by atoms with Gasteiger partial charge in [-0.05, 0) is 37.4 Å². The van der Waals surface area contributed by atoms with E-state index in [-0.39, 0.29) is 11.7 Å². The largest absolute Gasteiger partial charge is 0.355 e. The van der Waals surface area contributed by atoms with E-state index in [0.717, 1.165) is 24.8 Å². The normalized spacial score (nSPS) is 21.6. The molecule has 0 spiro atoms. The second kappa shape index (κ2) is 7.75. The molecular formula is C17H23ClN2O2. The Kier molecular flexibility index (Phi) is 5.98. The lowest BCUT2D eigenvalue weighted by Gasteiger charge is -2.37. The number of hydrogen-bond donors (Lipinski definition) is 2. The van der Waals surface area contributed by atoms with Gasteiger partial charge in [-0.3, -0.25) is 9.59 Å². The SMILES string of the molecule is NCCCC(=O)NC[C@@]1(c2ccccc2Cl)CCCCC1=O. The fraction of sp³-hybridized carbons (Fsp3) is 0.529. The number of benzene rings is 1. The van der Waals surface area contributed by atoms with Crippen LogP contribution in [0.5, 0.6) is 0 Å². The van der Waals surface area contributed by atoms with Crippen molar-refractivity contribution in [3.63, 3.8) is 0 Å². The summed E-state index contributed by atoms with van der Waals surface area (Å²) < 4.78 is 0. The maximum atomic E-state index is 12.7. The number of ketones is 1. The van der Waals surface area contributed by atoms with Crippen LogP contribution in [0.1, 0.15) is 44.1 Å². The van der Waals surface area contributed by atoms with Gasteiger partial charge in [-0.1, -0.05) is 36.2 Å². The third kappa shape index (κ3) is 3.68. The Balaban J connectivity index is 2.22. The zero-order chi connectivity index (χ0) is 16.0. The van der Waals surface area contributed by atoms with Crippen LogP contribution in [-0.2, 0) is 15.0 Å². The van der Waals surface area contributed by atoms with Gasteiger partial charge in [0.15, 0.2) is 0 Å². The molecule has 0 radical (unpaired) electrons. The van der Waals surface area contributed by atoms with Gasteiger partial charge >= 0.3 is 0 Å². The summed E-state index contributed by atoms with van der Waals surface area (Å²) in [6, 6.07) is 7.45. The average molecular weight is 323 g/mol. The number of Topliss-reactive ketones (excluding diaryl/α,β-unsaturated/α-hetero) is 1. The van der Waals surface area contributed by atoms with Crippen molar-refractivity contribution in [1.29, 1.82) is 0 Å². The highest BCUT2D eigenvalue weighted by Crippen LogP contribution is 2.39. The molecule has 5 heteroatoms. The van der Waals surface area contributed by atoms with E-state index in [1.807, 2.05) is 18.2 Å². The molecule has 1 fully saturated rings. The molecule has 0 saturated heterocycles. The number of amides is 1. The molecule has 1 aliphatic carbocycles. The van der Waals surface area contributed by atoms with Gasteiger partial charge in [0, 0.05) is 24.4 Å². The van der Waals surface area contributed by atoms with Crippen molar-refractivity contribution < 1.29 is 9.59 Å². The van der Waals surface area contributed by atoms with Gasteiger partial charge in [-0.15, -0.1) is 0 Å². The minimum atomic E-state index is -0.686. The van der Waals surface area contributed by atoms with Gasteiger partial charge < -0.3 is 11.1 Å². The van der Waals surface area contributed by atoms with Gasteiger partial charge in [-0.2, -0.15) is 0 Å². The summed E-state index contributed by atoms with van der Waals surface area (Å²) in [4.78, 5) is 24.6. The molecule has 0 unspecified atom stereocenters. The zero-order valence-electron chi connectivity index (χ0n) is 12.7. The van der Waals surface area contributed by atoms with Crippen LogP contribution in [-0.4, -0.2) is 24.8 Å². The summed E-state index contributed by atoms with van der Waals surface area (Å²) in [5.74, 6) is 0.112. The second-order valence-electron chi connectivity index (χ2n) is 5.86. The topological polar surface area (TPSA) is 72.2 Å². The number of nitrogens with one attached hydrogen (secondary N) is 1. The number of hydrogen-bond acceptors (Lipinski definition) is 3. The van der Waals surface area contributed by atoms with Gasteiger partial charge in [-0.25, -0.2) is 0 Å². The van der Waals surface area contributed by atoms with Gasteiger partial charge in [0.1, 0.15) is 5.78 Å². The van der Waals surface area contributed by atoms with Crippen molar-refractivity contribution in [2.75, 3.05) is 13.1 Å². The monoisotopic (exact) mass is 322 g/mol. The first-order valence-corrected chi connectivity index (χ1v) is 8.23. The standard InChI is InChI=1S/C17H23ClN2O2/c18-14-7-2-1-6-13(14)17(10-4-3-8-15(17)21)12-20-16(22)9-5-11-19/h1-2,6-7H,3-5,8-12,19H2,(H,20,22)/t17-/m1/s1. The minimum Gasteiger partial charge on any atom is -0.355 e. The predicted octanol–water partition coefficient (Wildman–Crippen LogP) is 2.58. The lowest BCUT2D eigenvalue weighted by molar-refractivity contribution is -0.127. The van der Waals surface area contributed by atoms with Crippen molar-refractivity contribution in [3.05, 3.63) is 34.9 Å². The fourth-order valence-corrected chi connectivity index (χ4v) is 3.42. The van der Waals surface area contributed by atoms with Crippen LogP contribution in [0.25, 0.3) is 0 Å². The first-order chi connectivity index (χ1) is 10.6. The van der Waals surface area contributed by atoms with Crippen LogP contribution < -0.4 is 11.1 Å². The second-order valence-corrected chi connectivity index (χ2v) is 6.27. The van der Waals surface area contributed by atoms with Crippen LogP contribution in [0, 0.1) is 0 Å². The highest BCUT2D eigenvalue weighted by molar-refractivity contribution is 6.31. The van der Waals surface area contributed by atoms with Gasteiger partial charge in [0.25, 0.3) is 0 Å². The predicted molar refractivity (Wildman–Crippen MR) is 87.9 cm³/mol. The van der Waals surface area contributed by atoms with Crippen LogP contribution in [0.2, 0.25) is 5.02 Å². The lowest BCUT2D eigenvalue weighted by Crippen LogP contribution is -2.48. The molecule has 22 heavy (non-hydrogen) atoms. The third-order valence-corrected chi connectivity index (χ3v) is 4.71. The van der Waals surface area contributed by atoms with Crippen LogP contribution in [0.4, 0.5) is 0 Å². The van der Waals surface area contributed by atoms with Crippen molar-refractivity contribution >= 4 is 23.3 Å². The Hall–Kier alpha value is -1.39. The fourth-order valence-electron chi connectivity index (χ4n) is 3.11. The van der Waals surface area contributed by atoms with E-state index in [1.54, 1.807) is 6.07 Å². The molecule has 1 atom stereocenters. The van der Waals surface area contributed by atoms with E-state index in [1.165, 1.54) is 0 Å². The van der Waals surface area contributed by atoms with E-state index in [0.29, 0.717) is 37.4 Å². The molecule has 0 aromatic heterocycles. The number of halogens is 1. The molecule has 0 heterocycles. The summed E-state index contributed by atoms with van der Waals surface area (Å²) in [5, 5.41) is 3.50. The molecule has 1 saturated carbocycles. The summed E-state index contributed by atoms with van der Waals surface area (Å²) >= 11 is 6.33. The molecule has 0 bridgehead atoms. The first kappa shape index (κ1) is 17.0. The minimum absolute atomic E-state index is 0.0600. The van der Waals surface area contributed by atoms with Crippen molar-refractivity contribution in [2.24, 2.45) is 5.73 Å². The summed E-state index contributed by atoms with van der Waals surface area (Å²) in [6.07, 6.45) is 4.20. The summed E-state index contributed by atoms with van der Waals surface area (Å²) in [7, 11) is 0. The van der Waals surface area contributed by atoms with Crippen molar-refractivity contribution in [1.82, 2.24) is 5.32 Å². The first-order valence-electron chi connectivity index (χ1n) is 7.85. The third-order valence-electron chi connectivity index (χ3n) is 4.38. The van der Waals surface area contributed by atoms with Crippen LogP contribution >= 0.6 is 11.6 Å². The number of carbonyl (C=O) groups is 2. The Bertz CT molecular complexity index is 547. The van der Waals surface area contributed by atoms with E-state index < -0.39 is 5.41 Å². The average Bonchev–Trinajstić information content (AvgIpc) is 2.53. The Morgan fingerprint density at radius 1 is 1.32 bits per heavy atom. The van der Waals surface area contributed by atoms with Crippen molar-refractivity contribution in [2.45, 2.75) is 43.9 Å². The number of rotatable bonds is 6. The molecule has 120 valence electrons.